The molecule has 3 rings (SSSR count). The molecule has 5 nitrogen and oxygen atoms in total. The summed E-state index contributed by atoms with van der Waals surface area (Å²) in [6.07, 6.45) is 4.70. The molecule has 2 heterocycles. The molecule has 1 aliphatic carbocycles. The topological polar surface area (TPSA) is 70.5 Å². The highest BCUT2D eigenvalue weighted by atomic mass is 32.1. The highest BCUT2D eigenvalue weighted by Gasteiger charge is 2.58. The van der Waals surface area contributed by atoms with Crippen LogP contribution in [-0.4, -0.2) is 40.0 Å². The molecule has 0 radical (unpaired) electrons. The average molecular weight is 280 g/mol. The zero-order valence-corrected chi connectivity index (χ0v) is 11.4. The highest BCUT2D eigenvalue weighted by molar-refractivity contribution is 7.09. The van der Waals surface area contributed by atoms with Crippen LogP contribution >= 0.6 is 11.3 Å². The van der Waals surface area contributed by atoms with E-state index in [4.69, 9.17) is 0 Å². The van der Waals surface area contributed by atoms with Crippen LogP contribution in [0.1, 0.15) is 36.6 Å². The molecular weight excluding hydrogens is 264 g/mol. The molecular formula is C13H16N2O3S. The molecule has 1 saturated carbocycles. The summed E-state index contributed by atoms with van der Waals surface area (Å²) in [7, 11) is 0. The summed E-state index contributed by atoms with van der Waals surface area (Å²) in [6.45, 7) is 1.29. The van der Waals surface area contributed by atoms with Gasteiger partial charge in [0.15, 0.2) is 0 Å². The number of aromatic nitrogens is 1. The maximum Gasteiger partial charge on any atom is 0.319 e. The Morgan fingerprint density at radius 3 is 2.84 bits per heavy atom. The predicted molar refractivity (Wildman–Crippen MR) is 70.0 cm³/mol. The van der Waals surface area contributed by atoms with Crippen molar-refractivity contribution < 1.29 is 14.7 Å². The molecule has 19 heavy (non-hydrogen) atoms. The van der Waals surface area contributed by atoms with Crippen molar-refractivity contribution in [2.45, 2.75) is 31.6 Å². The van der Waals surface area contributed by atoms with Gasteiger partial charge in [-0.15, -0.1) is 11.3 Å². The van der Waals surface area contributed by atoms with E-state index in [0.717, 1.165) is 17.8 Å². The van der Waals surface area contributed by atoms with Gasteiger partial charge in [0.05, 0.1) is 5.01 Å². The van der Waals surface area contributed by atoms with E-state index in [1.165, 1.54) is 0 Å². The number of carbonyl (C=O) groups excluding carboxylic acids is 1. The Morgan fingerprint density at radius 1 is 1.47 bits per heavy atom. The first kappa shape index (κ1) is 12.6. The molecule has 1 aromatic rings. The molecule has 0 unspecified atom stereocenters. The van der Waals surface area contributed by atoms with E-state index in [1.54, 1.807) is 22.4 Å². The number of carboxylic acid groups (broad SMARTS) is 1. The van der Waals surface area contributed by atoms with Gasteiger partial charge < -0.3 is 10.0 Å². The van der Waals surface area contributed by atoms with E-state index in [2.05, 4.69) is 4.98 Å². The Balaban J connectivity index is 1.72. The zero-order chi connectivity index (χ0) is 13.5. The van der Waals surface area contributed by atoms with Crippen molar-refractivity contribution in [3.8, 4) is 0 Å². The molecule has 1 aliphatic heterocycles. The minimum absolute atomic E-state index is 0.193. The van der Waals surface area contributed by atoms with Crippen LogP contribution < -0.4 is 0 Å². The van der Waals surface area contributed by atoms with Crippen LogP contribution in [0.5, 0.6) is 0 Å². The number of carboxylic acids is 1. The van der Waals surface area contributed by atoms with Gasteiger partial charge in [0, 0.05) is 30.6 Å². The molecule has 1 aromatic heterocycles. The van der Waals surface area contributed by atoms with Crippen LogP contribution in [0.15, 0.2) is 11.6 Å². The van der Waals surface area contributed by atoms with Gasteiger partial charge in [0.2, 0.25) is 5.91 Å². The average Bonchev–Trinajstić information content (AvgIpc) is 3.06. The monoisotopic (exact) mass is 280 g/mol. The lowest BCUT2D eigenvalue weighted by Gasteiger charge is -2.33. The summed E-state index contributed by atoms with van der Waals surface area (Å²) in [5.74, 6) is -0.891. The first-order valence-corrected chi connectivity index (χ1v) is 7.43. The Labute approximate surface area is 115 Å². The summed E-state index contributed by atoms with van der Waals surface area (Å²) >= 11 is 1.61. The molecule has 0 aromatic carbocycles. The van der Waals surface area contributed by atoms with Crippen LogP contribution in [0.2, 0.25) is 0 Å². The number of amides is 1. The largest absolute Gasteiger partial charge is 0.480 e. The Morgan fingerprint density at radius 2 is 2.26 bits per heavy atom. The van der Waals surface area contributed by atoms with Crippen molar-refractivity contribution in [1.82, 2.24) is 9.88 Å². The lowest BCUT2D eigenvalue weighted by atomic mass is 9.96. The van der Waals surface area contributed by atoms with Crippen molar-refractivity contribution in [3.63, 3.8) is 0 Å². The van der Waals surface area contributed by atoms with Crippen molar-refractivity contribution in [3.05, 3.63) is 16.6 Å². The molecule has 1 amide bonds. The fourth-order valence-corrected chi connectivity index (χ4v) is 3.51. The number of likely N-dealkylation sites (tertiary alicyclic amines) is 1. The van der Waals surface area contributed by atoms with Gasteiger partial charge >= 0.3 is 5.97 Å². The van der Waals surface area contributed by atoms with E-state index >= 15 is 0 Å². The van der Waals surface area contributed by atoms with Crippen LogP contribution in [0.25, 0.3) is 0 Å². The number of rotatable bonds is 3. The number of aliphatic carboxylic acids is 1. The normalized spacial score (nSPS) is 25.1. The molecule has 1 saturated heterocycles. The summed E-state index contributed by atoms with van der Waals surface area (Å²) in [4.78, 5) is 29.6. The molecule has 1 atom stereocenters. The van der Waals surface area contributed by atoms with Gasteiger partial charge in [-0.2, -0.15) is 0 Å². The number of hydrogen-bond acceptors (Lipinski definition) is 4. The molecule has 0 spiro atoms. The maximum absolute atomic E-state index is 12.4. The molecule has 6 heteroatoms. The van der Waals surface area contributed by atoms with Crippen molar-refractivity contribution in [1.29, 1.82) is 0 Å². The van der Waals surface area contributed by atoms with Crippen LogP contribution in [0.3, 0.4) is 0 Å². The minimum atomic E-state index is -1.11. The number of piperidine rings is 1. The number of hydrogen-bond donors (Lipinski definition) is 1. The van der Waals surface area contributed by atoms with Gasteiger partial charge in [0.1, 0.15) is 5.41 Å². The van der Waals surface area contributed by atoms with Gasteiger partial charge in [-0.3, -0.25) is 9.59 Å². The fourth-order valence-electron chi connectivity index (χ4n) is 2.75. The smallest absolute Gasteiger partial charge is 0.319 e. The van der Waals surface area contributed by atoms with Crippen molar-refractivity contribution in [2.24, 2.45) is 5.41 Å². The Bertz CT molecular complexity index is 496. The van der Waals surface area contributed by atoms with Gasteiger partial charge in [0.25, 0.3) is 0 Å². The molecule has 2 aliphatic rings. The summed E-state index contributed by atoms with van der Waals surface area (Å²) in [5.41, 5.74) is -1.11. The third kappa shape index (κ3) is 2.14. The molecule has 2 fully saturated rings. The van der Waals surface area contributed by atoms with Crippen LogP contribution in [-0.2, 0) is 9.59 Å². The Kier molecular flexibility index (Phi) is 3.05. The number of nitrogens with zero attached hydrogens (tertiary/aromatic N) is 2. The van der Waals surface area contributed by atoms with Gasteiger partial charge in [-0.05, 0) is 25.7 Å². The van der Waals surface area contributed by atoms with Crippen LogP contribution in [0.4, 0.5) is 0 Å². The first-order chi connectivity index (χ1) is 9.13. The van der Waals surface area contributed by atoms with Gasteiger partial charge in [-0.25, -0.2) is 4.98 Å². The minimum Gasteiger partial charge on any atom is -0.480 e. The summed E-state index contributed by atoms with van der Waals surface area (Å²) in [6, 6.07) is 0. The zero-order valence-electron chi connectivity index (χ0n) is 10.5. The van der Waals surface area contributed by atoms with E-state index in [9.17, 15) is 14.7 Å². The first-order valence-electron chi connectivity index (χ1n) is 6.56. The summed E-state index contributed by atoms with van der Waals surface area (Å²) < 4.78 is 0. The van der Waals surface area contributed by atoms with E-state index in [1.807, 2.05) is 5.38 Å². The number of carbonyl (C=O) groups is 2. The second kappa shape index (κ2) is 4.59. The van der Waals surface area contributed by atoms with Crippen molar-refractivity contribution >= 4 is 23.2 Å². The van der Waals surface area contributed by atoms with E-state index < -0.39 is 11.4 Å². The standard InChI is InChI=1S/C13H16N2O3S/c16-11(13(3-4-13)12(17)18)15-6-1-2-9(8-15)10-14-5-7-19-10/h5,7,9H,1-4,6,8H2,(H,17,18)/t9-/m1/s1. The fraction of sp³-hybridized carbons (Fsp3) is 0.615. The molecule has 102 valence electrons. The molecule has 1 N–H and O–H groups in total. The third-order valence-electron chi connectivity index (χ3n) is 4.08. The van der Waals surface area contributed by atoms with Crippen molar-refractivity contribution in [2.75, 3.05) is 13.1 Å². The second-order valence-corrected chi connectivity index (χ2v) is 6.27. The number of thiazole rings is 1. The second-order valence-electron chi connectivity index (χ2n) is 5.35. The maximum atomic E-state index is 12.4. The van der Waals surface area contributed by atoms with E-state index in [0.29, 0.717) is 25.9 Å². The van der Waals surface area contributed by atoms with E-state index in [-0.39, 0.29) is 11.8 Å². The predicted octanol–water partition coefficient (Wildman–Crippen LogP) is 1.71. The van der Waals surface area contributed by atoms with Crippen LogP contribution in [0, 0.1) is 5.41 Å². The highest BCUT2D eigenvalue weighted by Crippen LogP contribution is 2.48. The SMILES string of the molecule is O=C(O)C1(C(=O)N2CCC[C@@H](c3nccs3)C2)CC1. The van der Waals surface area contributed by atoms with Gasteiger partial charge in [-0.1, -0.05) is 0 Å². The lowest BCUT2D eigenvalue weighted by Crippen LogP contribution is -2.45. The Hall–Kier alpha value is -1.43. The lowest BCUT2D eigenvalue weighted by molar-refractivity contribution is -0.154. The quantitative estimate of drug-likeness (QED) is 0.856. The molecule has 0 bridgehead atoms. The third-order valence-corrected chi connectivity index (χ3v) is 5.02. The summed E-state index contributed by atoms with van der Waals surface area (Å²) in [5, 5.41) is 12.2.